The Morgan fingerprint density at radius 1 is 0.346 bits per heavy atom. The Labute approximate surface area is 311 Å². The summed E-state index contributed by atoms with van der Waals surface area (Å²) in [7, 11) is 0. The number of halogens is 1. The minimum atomic E-state index is 0.895. The van der Waals surface area contributed by atoms with Crippen molar-refractivity contribution >= 4 is 62.3 Å². The second kappa shape index (κ2) is 12.9. The van der Waals surface area contributed by atoms with Crippen LogP contribution in [0.3, 0.4) is 0 Å². The van der Waals surface area contributed by atoms with Crippen molar-refractivity contribution < 1.29 is 0 Å². The third-order valence-corrected chi connectivity index (χ3v) is 10.4. The summed E-state index contributed by atoms with van der Waals surface area (Å²) in [5.41, 5.74) is 19.7. The van der Waals surface area contributed by atoms with Gasteiger partial charge < -0.3 is 9.97 Å². The molecule has 0 radical (unpaired) electrons. The summed E-state index contributed by atoms with van der Waals surface area (Å²) in [6.45, 7) is 6.36. The molecule has 0 unspecified atom stereocenters. The van der Waals surface area contributed by atoms with E-state index in [1.54, 1.807) is 0 Å². The van der Waals surface area contributed by atoms with Gasteiger partial charge in [-0.05, 0) is 104 Å². The zero-order valence-electron chi connectivity index (χ0n) is 29.1. The van der Waals surface area contributed by atoms with Gasteiger partial charge in [-0.25, -0.2) is 9.97 Å². The summed E-state index contributed by atoms with van der Waals surface area (Å²) in [5.74, 6) is 0. The van der Waals surface area contributed by atoms with Crippen molar-refractivity contribution in [1.82, 2.24) is 19.9 Å². The van der Waals surface area contributed by atoms with Gasteiger partial charge in [0, 0.05) is 48.8 Å². The Balaban J connectivity index is 1.47. The van der Waals surface area contributed by atoms with Crippen molar-refractivity contribution in [3.8, 4) is 44.5 Å². The SMILES string of the molecule is Cc1ccc(-c2c3nc(c(-c4ccc(C)cc4)c4ccc([nH]4)c(-c4ccc(Br)cc4)c4nc(c(-c5ccc(C)cc5)c5ccc2[nH]5)C=C4)C=C3)cc1. The second-order valence-corrected chi connectivity index (χ2v) is 14.5. The molecule has 5 heterocycles. The average molecular weight is 736 g/mol. The number of fused-ring (bicyclic) bond motifs is 8. The number of rotatable bonds is 4. The van der Waals surface area contributed by atoms with Gasteiger partial charge in [0.25, 0.3) is 0 Å². The van der Waals surface area contributed by atoms with Crippen molar-refractivity contribution in [3.05, 3.63) is 165 Å². The number of nitrogens with zero attached hydrogens (tertiary/aromatic N) is 2. The number of hydrogen-bond donors (Lipinski definition) is 2. The molecule has 4 nitrogen and oxygen atoms in total. The fourth-order valence-corrected chi connectivity index (χ4v) is 7.46. The largest absolute Gasteiger partial charge is 0.354 e. The number of nitrogens with one attached hydrogen (secondary N) is 2. The highest BCUT2D eigenvalue weighted by atomic mass is 79.9. The van der Waals surface area contributed by atoms with Crippen LogP contribution in [-0.2, 0) is 0 Å². The van der Waals surface area contributed by atoms with Crippen LogP contribution in [0.15, 0.2) is 126 Å². The van der Waals surface area contributed by atoms with Crippen LogP contribution in [0.1, 0.15) is 39.5 Å². The topological polar surface area (TPSA) is 57.4 Å². The number of aromatic nitrogens is 4. The molecule has 8 bridgehead atoms. The summed E-state index contributed by atoms with van der Waals surface area (Å²) < 4.78 is 1.03. The van der Waals surface area contributed by atoms with Crippen molar-refractivity contribution in [3.63, 3.8) is 0 Å². The van der Waals surface area contributed by atoms with E-state index in [1.807, 2.05) is 0 Å². The average Bonchev–Trinajstić information content (AvgIpc) is 3.99. The maximum absolute atomic E-state index is 5.41. The molecule has 2 aliphatic heterocycles. The molecule has 0 fully saturated rings. The summed E-state index contributed by atoms with van der Waals surface area (Å²) in [6.07, 6.45) is 8.58. The predicted octanol–water partition coefficient (Wildman–Crippen LogP) is 13.0. The van der Waals surface area contributed by atoms with E-state index >= 15 is 0 Å². The molecule has 0 spiro atoms. The predicted molar refractivity (Wildman–Crippen MR) is 223 cm³/mol. The van der Waals surface area contributed by atoms with Gasteiger partial charge in [0.1, 0.15) is 0 Å². The maximum atomic E-state index is 5.41. The van der Waals surface area contributed by atoms with Gasteiger partial charge in [0.15, 0.2) is 0 Å². The number of benzene rings is 4. The third-order valence-electron chi connectivity index (χ3n) is 9.91. The zero-order chi connectivity index (χ0) is 35.3. The van der Waals surface area contributed by atoms with Crippen LogP contribution in [0.2, 0.25) is 0 Å². The van der Waals surface area contributed by atoms with E-state index in [0.29, 0.717) is 0 Å². The Hall–Kier alpha value is -6.04. The molecule has 52 heavy (non-hydrogen) atoms. The number of hydrogen-bond acceptors (Lipinski definition) is 2. The number of H-pyrrole nitrogens is 2. The van der Waals surface area contributed by atoms with Gasteiger partial charge >= 0.3 is 0 Å². The molecular weight excluding hydrogens is 700 g/mol. The van der Waals surface area contributed by atoms with Gasteiger partial charge in [-0.3, -0.25) is 0 Å². The summed E-state index contributed by atoms with van der Waals surface area (Å²) in [6, 6.07) is 43.3. The van der Waals surface area contributed by atoms with Crippen LogP contribution >= 0.6 is 15.9 Å². The molecule has 0 amide bonds. The first kappa shape index (κ1) is 31.9. The lowest BCUT2D eigenvalue weighted by Crippen LogP contribution is -1.90. The normalized spacial score (nSPS) is 12.1. The fourth-order valence-electron chi connectivity index (χ4n) is 7.20. The van der Waals surface area contributed by atoms with E-state index in [-0.39, 0.29) is 0 Å². The quantitative estimate of drug-likeness (QED) is 0.189. The van der Waals surface area contributed by atoms with Crippen LogP contribution in [0, 0.1) is 20.8 Å². The van der Waals surface area contributed by atoms with Gasteiger partial charge in [-0.1, -0.05) is 118 Å². The van der Waals surface area contributed by atoms with E-state index in [4.69, 9.17) is 9.97 Å². The van der Waals surface area contributed by atoms with Crippen LogP contribution in [0.5, 0.6) is 0 Å². The smallest absolute Gasteiger partial charge is 0.0737 e. The van der Waals surface area contributed by atoms with Crippen LogP contribution in [0.25, 0.3) is 90.9 Å². The zero-order valence-corrected chi connectivity index (χ0v) is 30.7. The summed E-state index contributed by atoms with van der Waals surface area (Å²) in [5, 5.41) is 0. The van der Waals surface area contributed by atoms with E-state index in [9.17, 15) is 0 Å². The van der Waals surface area contributed by atoms with Crippen LogP contribution in [-0.4, -0.2) is 19.9 Å². The monoisotopic (exact) mass is 734 g/mol. The highest BCUT2D eigenvalue weighted by Crippen LogP contribution is 2.38. The molecule has 0 aliphatic carbocycles. The molecule has 2 aliphatic rings. The lowest BCUT2D eigenvalue weighted by molar-refractivity contribution is 1.31. The molecule has 0 saturated heterocycles. The number of aromatic amines is 2. The molecule has 7 aromatic rings. The molecular formula is C47H35BrN4. The Morgan fingerprint density at radius 2 is 0.596 bits per heavy atom. The maximum Gasteiger partial charge on any atom is 0.0737 e. The Bertz CT molecular complexity index is 2350. The van der Waals surface area contributed by atoms with Crippen molar-refractivity contribution in [1.29, 1.82) is 0 Å². The summed E-state index contributed by atoms with van der Waals surface area (Å²) in [4.78, 5) is 18.5. The minimum absolute atomic E-state index is 0.895. The van der Waals surface area contributed by atoms with E-state index < -0.39 is 0 Å². The van der Waals surface area contributed by atoms with Gasteiger partial charge in [0.05, 0.1) is 22.8 Å². The van der Waals surface area contributed by atoms with Gasteiger partial charge in [-0.15, -0.1) is 0 Å². The Kier molecular flexibility index (Phi) is 7.94. The van der Waals surface area contributed by atoms with E-state index in [0.717, 1.165) is 93.8 Å². The molecule has 9 rings (SSSR count). The standard InChI is InChI=1S/C47H35BrN4/c1-28-4-10-31(11-5-28)44-36-20-22-38(49-36)45(32-12-6-29(2)7-13-32)40-24-26-42(51-40)47(34-16-18-35(48)19-17-34)43-27-25-41(52-43)46(39-23-21-37(44)50-39)33-14-8-30(3)9-15-33/h4-27,49,52H,1-3H3. The van der Waals surface area contributed by atoms with E-state index in [2.05, 4.69) is 192 Å². The molecule has 250 valence electrons. The van der Waals surface area contributed by atoms with Crippen molar-refractivity contribution in [2.24, 2.45) is 0 Å². The highest BCUT2D eigenvalue weighted by Gasteiger charge is 2.19. The second-order valence-electron chi connectivity index (χ2n) is 13.6. The first-order valence-electron chi connectivity index (χ1n) is 17.5. The first-order chi connectivity index (χ1) is 25.4. The number of aryl methyl sites for hydroxylation is 3. The minimum Gasteiger partial charge on any atom is -0.354 e. The lowest BCUT2D eigenvalue weighted by Gasteiger charge is -2.07. The molecule has 4 aromatic carbocycles. The first-order valence-corrected chi connectivity index (χ1v) is 18.3. The highest BCUT2D eigenvalue weighted by molar-refractivity contribution is 9.10. The lowest BCUT2D eigenvalue weighted by atomic mass is 10.0. The van der Waals surface area contributed by atoms with E-state index in [1.165, 1.54) is 16.7 Å². The summed E-state index contributed by atoms with van der Waals surface area (Å²) >= 11 is 3.64. The molecule has 3 aromatic heterocycles. The van der Waals surface area contributed by atoms with Crippen molar-refractivity contribution in [2.45, 2.75) is 20.8 Å². The Morgan fingerprint density at radius 3 is 0.865 bits per heavy atom. The molecule has 2 N–H and O–H groups in total. The van der Waals surface area contributed by atoms with Crippen LogP contribution in [0.4, 0.5) is 0 Å². The van der Waals surface area contributed by atoms with Gasteiger partial charge in [0.2, 0.25) is 0 Å². The fraction of sp³-hybridized carbons (Fsp3) is 0.0638. The van der Waals surface area contributed by atoms with Crippen molar-refractivity contribution in [2.75, 3.05) is 0 Å². The molecule has 0 atom stereocenters. The molecule has 5 heteroatoms. The third kappa shape index (κ3) is 5.83. The van der Waals surface area contributed by atoms with Gasteiger partial charge in [-0.2, -0.15) is 0 Å². The van der Waals surface area contributed by atoms with Crippen LogP contribution < -0.4 is 0 Å². The molecule has 0 saturated carbocycles.